The Morgan fingerprint density at radius 3 is 2.80 bits per heavy atom. The highest BCUT2D eigenvalue weighted by atomic mass is 32.1. The molecule has 1 saturated carbocycles. The zero-order valence-corrected chi connectivity index (χ0v) is 15.1. The fourth-order valence-corrected chi connectivity index (χ4v) is 4.62. The van der Waals surface area contributed by atoms with Crippen molar-refractivity contribution in [3.8, 4) is 0 Å². The third kappa shape index (κ3) is 3.25. The van der Waals surface area contributed by atoms with E-state index in [0.29, 0.717) is 4.88 Å². The maximum atomic E-state index is 12.4. The van der Waals surface area contributed by atoms with Gasteiger partial charge in [-0.1, -0.05) is 0 Å². The average Bonchev–Trinajstić information content (AvgIpc) is 3.23. The van der Waals surface area contributed by atoms with Crippen LogP contribution in [0.15, 0.2) is 16.4 Å². The molecular weight excluding hydrogens is 336 g/mol. The lowest BCUT2D eigenvalue weighted by atomic mass is 9.91. The van der Waals surface area contributed by atoms with Gasteiger partial charge in [0.15, 0.2) is 0 Å². The van der Waals surface area contributed by atoms with Gasteiger partial charge in [0.2, 0.25) is 0 Å². The lowest BCUT2D eigenvalue weighted by Gasteiger charge is -2.29. The molecule has 0 aromatic carbocycles. The molecule has 1 amide bonds. The summed E-state index contributed by atoms with van der Waals surface area (Å²) in [6.07, 6.45) is 6.56. The maximum absolute atomic E-state index is 12.4. The number of carbonyl (C=O) groups is 1. The molecule has 2 aliphatic rings. The monoisotopic (exact) mass is 358 g/mol. The number of aromatic nitrogens is 3. The number of amides is 1. The molecule has 0 aliphatic heterocycles. The van der Waals surface area contributed by atoms with Gasteiger partial charge in [0.1, 0.15) is 4.88 Å². The van der Waals surface area contributed by atoms with Crippen LogP contribution in [0.2, 0.25) is 0 Å². The molecule has 2 aliphatic carbocycles. The van der Waals surface area contributed by atoms with Gasteiger partial charge in [0, 0.05) is 12.1 Å². The molecule has 7 heteroatoms. The van der Waals surface area contributed by atoms with E-state index in [1.54, 1.807) is 16.3 Å². The van der Waals surface area contributed by atoms with Gasteiger partial charge in [-0.2, -0.15) is 5.10 Å². The average molecular weight is 358 g/mol. The first-order valence-electron chi connectivity index (χ1n) is 8.94. The minimum absolute atomic E-state index is 0.0217. The van der Waals surface area contributed by atoms with Gasteiger partial charge in [0.25, 0.3) is 11.5 Å². The van der Waals surface area contributed by atoms with E-state index in [2.05, 4.69) is 15.4 Å². The molecule has 1 N–H and O–H groups in total. The molecule has 4 rings (SSSR count). The zero-order chi connectivity index (χ0) is 17.4. The maximum Gasteiger partial charge on any atom is 0.267 e. The van der Waals surface area contributed by atoms with Crippen molar-refractivity contribution in [2.75, 3.05) is 0 Å². The summed E-state index contributed by atoms with van der Waals surface area (Å²) >= 11 is 1.38. The van der Waals surface area contributed by atoms with Gasteiger partial charge in [-0.25, -0.2) is 9.67 Å². The van der Waals surface area contributed by atoms with E-state index >= 15 is 0 Å². The summed E-state index contributed by atoms with van der Waals surface area (Å²) in [5, 5.41) is 7.74. The number of hydrogen-bond acceptors (Lipinski definition) is 5. The minimum Gasteiger partial charge on any atom is -0.349 e. The third-order valence-corrected chi connectivity index (χ3v) is 6.24. The first-order chi connectivity index (χ1) is 12.1. The normalized spacial score (nSPS) is 22.6. The van der Waals surface area contributed by atoms with E-state index in [-0.39, 0.29) is 23.6 Å². The number of nitrogens with one attached hydrogen (secondary N) is 1. The number of hydrogen-bond donors (Lipinski definition) is 1. The lowest BCUT2D eigenvalue weighted by molar-refractivity contribution is 0.0924. The number of aryl methyl sites for hydroxylation is 3. The van der Waals surface area contributed by atoms with Gasteiger partial charge in [0.05, 0.1) is 22.9 Å². The van der Waals surface area contributed by atoms with Crippen LogP contribution in [0.1, 0.15) is 64.8 Å². The molecule has 132 valence electrons. The molecular formula is C18H22N4O2S. The van der Waals surface area contributed by atoms with Crippen LogP contribution < -0.4 is 10.9 Å². The highest BCUT2D eigenvalue weighted by Crippen LogP contribution is 2.28. The second-order valence-corrected chi connectivity index (χ2v) is 7.85. The van der Waals surface area contributed by atoms with Gasteiger partial charge in [-0.05, 0) is 57.4 Å². The fourth-order valence-electron chi connectivity index (χ4n) is 3.91. The summed E-state index contributed by atoms with van der Waals surface area (Å²) in [6, 6.07) is 2.09. The molecule has 0 radical (unpaired) electrons. The first-order valence-corrected chi connectivity index (χ1v) is 9.82. The Morgan fingerprint density at radius 1 is 1.28 bits per heavy atom. The molecule has 0 unspecified atom stereocenters. The van der Waals surface area contributed by atoms with Crippen molar-refractivity contribution in [1.82, 2.24) is 20.1 Å². The molecule has 0 bridgehead atoms. The Bertz CT molecular complexity index is 849. The highest BCUT2D eigenvalue weighted by Gasteiger charge is 2.27. The van der Waals surface area contributed by atoms with Gasteiger partial charge < -0.3 is 5.32 Å². The van der Waals surface area contributed by atoms with Crippen molar-refractivity contribution in [1.29, 1.82) is 0 Å². The molecule has 2 aromatic heterocycles. The fraction of sp³-hybridized carbons (Fsp3) is 0.556. The Morgan fingerprint density at radius 2 is 2.08 bits per heavy atom. The van der Waals surface area contributed by atoms with Gasteiger partial charge in [-0.15, -0.1) is 11.3 Å². The topological polar surface area (TPSA) is 76.9 Å². The van der Waals surface area contributed by atoms with E-state index in [1.807, 2.05) is 6.92 Å². The Labute approximate surface area is 150 Å². The van der Waals surface area contributed by atoms with Crippen LogP contribution >= 0.6 is 11.3 Å². The van der Waals surface area contributed by atoms with Crippen LogP contribution in [0.5, 0.6) is 0 Å². The van der Waals surface area contributed by atoms with Crippen molar-refractivity contribution in [2.45, 2.75) is 64.0 Å². The van der Waals surface area contributed by atoms with E-state index < -0.39 is 0 Å². The van der Waals surface area contributed by atoms with E-state index in [4.69, 9.17) is 0 Å². The Kier molecular flexibility index (Phi) is 4.41. The third-order valence-electron chi connectivity index (χ3n) is 5.31. The van der Waals surface area contributed by atoms with Crippen molar-refractivity contribution in [3.05, 3.63) is 43.8 Å². The lowest BCUT2D eigenvalue weighted by Crippen LogP contribution is -2.39. The van der Waals surface area contributed by atoms with Crippen molar-refractivity contribution in [3.63, 3.8) is 0 Å². The molecule has 0 saturated heterocycles. The smallest absolute Gasteiger partial charge is 0.267 e. The Balaban J connectivity index is 1.40. The standard InChI is InChI=1S/C18H22N4O2S/c1-11-17(25-10-19-11)18(24)20-13-5-7-14(8-6-13)22-16(23)9-12-3-2-4-15(12)21-22/h9-10,13-14H,2-8H2,1H3,(H,20,24). The molecule has 0 atom stereocenters. The number of nitrogens with zero attached hydrogens (tertiary/aromatic N) is 3. The van der Waals surface area contributed by atoms with Crippen LogP contribution in [-0.2, 0) is 12.8 Å². The van der Waals surface area contributed by atoms with Gasteiger partial charge >= 0.3 is 0 Å². The van der Waals surface area contributed by atoms with Crippen LogP contribution in [-0.4, -0.2) is 26.7 Å². The number of fused-ring (bicyclic) bond motifs is 1. The largest absolute Gasteiger partial charge is 0.349 e. The van der Waals surface area contributed by atoms with Crippen molar-refractivity contribution < 1.29 is 4.79 Å². The van der Waals surface area contributed by atoms with E-state index in [0.717, 1.165) is 61.9 Å². The molecule has 25 heavy (non-hydrogen) atoms. The SMILES string of the molecule is Cc1ncsc1C(=O)NC1CCC(n2nc3c(cc2=O)CCC3)CC1. The molecule has 6 nitrogen and oxygen atoms in total. The second-order valence-electron chi connectivity index (χ2n) is 7.00. The summed E-state index contributed by atoms with van der Waals surface area (Å²) in [7, 11) is 0. The summed E-state index contributed by atoms with van der Waals surface area (Å²) < 4.78 is 1.69. The van der Waals surface area contributed by atoms with Crippen LogP contribution in [0, 0.1) is 6.92 Å². The van der Waals surface area contributed by atoms with Crippen LogP contribution in [0.4, 0.5) is 0 Å². The summed E-state index contributed by atoms with van der Waals surface area (Å²) in [5.74, 6) is -0.0312. The highest BCUT2D eigenvalue weighted by molar-refractivity contribution is 7.11. The minimum atomic E-state index is -0.0312. The second kappa shape index (κ2) is 6.71. The van der Waals surface area contributed by atoms with Crippen LogP contribution in [0.3, 0.4) is 0 Å². The zero-order valence-electron chi connectivity index (χ0n) is 14.3. The molecule has 1 fully saturated rings. The quantitative estimate of drug-likeness (QED) is 0.914. The number of carbonyl (C=O) groups excluding carboxylic acids is 1. The summed E-state index contributed by atoms with van der Waals surface area (Å²) in [4.78, 5) is 29.5. The summed E-state index contributed by atoms with van der Waals surface area (Å²) in [6.45, 7) is 1.86. The predicted molar refractivity (Wildman–Crippen MR) is 96.1 cm³/mol. The molecule has 0 spiro atoms. The predicted octanol–water partition coefficient (Wildman–Crippen LogP) is 2.41. The first kappa shape index (κ1) is 16.4. The molecule has 2 aromatic rings. The van der Waals surface area contributed by atoms with Crippen molar-refractivity contribution >= 4 is 17.2 Å². The Hall–Kier alpha value is -2.02. The molecule has 2 heterocycles. The van der Waals surface area contributed by atoms with E-state index in [1.165, 1.54) is 11.3 Å². The summed E-state index contributed by atoms with van der Waals surface area (Å²) in [5.41, 5.74) is 4.73. The van der Waals surface area contributed by atoms with Crippen molar-refractivity contribution in [2.24, 2.45) is 0 Å². The van der Waals surface area contributed by atoms with E-state index in [9.17, 15) is 9.59 Å². The van der Waals surface area contributed by atoms with Crippen LogP contribution in [0.25, 0.3) is 0 Å². The number of thiazole rings is 1. The van der Waals surface area contributed by atoms with Gasteiger partial charge in [-0.3, -0.25) is 9.59 Å². The number of rotatable bonds is 3.